The van der Waals surface area contributed by atoms with Gasteiger partial charge in [-0.3, -0.25) is 0 Å². The smallest absolute Gasteiger partial charge is 0.264 e. The first-order valence-electron chi connectivity index (χ1n) is 28.3. The van der Waals surface area contributed by atoms with E-state index < -0.39 is 0 Å². The van der Waals surface area contributed by atoms with Crippen LogP contribution in [0.15, 0.2) is 72.8 Å². The number of hydrogen-bond acceptors (Lipinski definition) is 3. The zero-order valence-electron chi connectivity index (χ0n) is 50.2. The number of thiophene rings is 1. The normalized spacial score (nSPS) is 18.2. The van der Waals surface area contributed by atoms with Crippen molar-refractivity contribution in [2.75, 3.05) is 9.80 Å². The van der Waals surface area contributed by atoms with Crippen LogP contribution in [-0.4, -0.2) is 6.71 Å². The SMILES string of the molecule is CCC(C)(C)c1cc2c(cc1C(C)C)N(c1cc(C(C)(C)C)cc(C(C)(C)C)c1)c1cc(C(C)(C)C)cc3c1B2c1sc2cc4c(cc2c1N3c1cc(C(C)(C)C)cc(C(C)(C)C)c1)C(C)C(C)CCC4(C)C. The minimum Gasteiger partial charge on any atom is -0.311 e. The first kappa shape index (κ1) is 53.5. The van der Waals surface area contributed by atoms with Crippen LogP contribution in [-0.2, 0) is 37.9 Å². The quantitative estimate of drug-likeness (QED) is 0.125. The molecule has 1 aliphatic carbocycles. The van der Waals surface area contributed by atoms with Crippen LogP contribution in [0.1, 0.15) is 247 Å². The van der Waals surface area contributed by atoms with Crippen molar-refractivity contribution in [3.05, 3.63) is 123 Å². The summed E-state index contributed by atoms with van der Waals surface area (Å²) in [7, 11) is 0. The summed E-state index contributed by atoms with van der Waals surface area (Å²) in [5, 5.41) is 1.41. The fourth-order valence-electron chi connectivity index (χ4n) is 12.3. The predicted molar refractivity (Wildman–Crippen MR) is 327 cm³/mol. The zero-order chi connectivity index (χ0) is 53.8. The van der Waals surface area contributed by atoms with E-state index in [9.17, 15) is 0 Å². The van der Waals surface area contributed by atoms with Gasteiger partial charge in [0.1, 0.15) is 0 Å². The number of fused-ring (bicyclic) bond motifs is 7. The first-order valence-corrected chi connectivity index (χ1v) is 29.2. The number of rotatable bonds is 5. The van der Waals surface area contributed by atoms with Crippen molar-refractivity contribution in [3.63, 3.8) is 0 Å². The highest BCUT2D eigenvalue weighted by Gasteiger charge is 2.48. The molecule has 73 heavy (non-hydrogen) atoms. The molecular formula is C69H93BN2S. The second kappa shape index (κ2) is 17.4. The number of nitrogens with zero attached hydrogens (tertiary/aromatic N) is 2. The fraction of sp³-hybridized carbons (Fsp3) is 0.536. The number of anilines is 6. The topological polar surface area (TPSA) is 6.48 Å². The summed E-state index contributed by atoms with van der Waals surface area (Å²) in [5.74, 6) is 1.44. The Morgan fingerprint density at radius 1 is 0.589 bits per heavy atom. The van der Waals surface area contributed by atoms with Crippen LogP contribution in [0.4, 0.5) is 34.1 Å². The largest absolute Gasteiger partial charge is 0.311 e. The third-order valence-corrected chi connectivity index (χ3v) is 19.4. The summed E-state index contributed by atoms with van der Waals surface area (Å²) >= 11 is 2.09. The molecule has 5 aromatic carbocycles. The standard InChI is InChI=1S/C69H93BN2S/c1-25-68(21,22)53-38-55-56(37-50(53)40(2)3)71(48-30-43(63(6,7)8)28-44(31-48)64(9,10)11)57-34-47(67(18,19)20)35-58-60(57)70(55)62-61(72(58)49-32-45(65(12,13)14)29-46(33-49)66(15,16)17)52-36-51-42(5)41(4)26-27-69(23,24)54(51)39-59(52)73-62/h28-42H,25-27H2,1-24H3. The van der Waals surface area contributed by atoms with Crippen molar-refractivity contribution in [3.8, 4) is 0 Å². The van der Waals surface area contributed by atoms with Gasteiger partial charge in [0.15, 0.2) is 0 Å². The lowest BCUT2D eigenvalue weighted by Gasteiger charge is -2.45. The van der Waals surface area contributed by atoms with Crippen LogP contribution in [0.5, 0.6) is 0 Å². The van der Waals surface area contributed by atoms with Gasteiger partial charge >= 0.3 is 0 Å². The van der Waals surface area contributed by atoms with E-state index >= 15 is 0 Å². The molecule has 0 saturated carbocycles. The van der Waals surface area contributed by atoms with Crippen LogP contribution >= 0.6 is 11.3 Å². The van der Waals surface area contributed by atoms with Gasteiger partial charge in [-0.25, -0.2) is 0 Å². The minimum absolute atomic E-state index is 0.0133. The molecule has 2 aliphatic heterocycles. The van der Waals surface area contributed by atoms with Crippen molar-refractivity contribution < 1.29 is 0 Å². The molecule has 0 radical (unpaired) electrons. The molecule has 2 nitrogen and oxygen atoms in total. The lowest BCUT2D eigenvalue weighted by atomic mass is 9.35. The van der Waals surface area contributed by atoms with Gasteiger partial charge in [0.2, 0.25) is 0 Å². The maximum Gasteiger partial charge on any atom is 0.264 e. The van der Waals surface area contributed by atoms with Gasteiger partial charge in [0.05, 0.1) is 5.69 Å². The molecule has 3 heterocycles. The van der Waals surface area contributed by atoms with E-state index in [-0.39, 0.29) is 44.6 Å². The third-order valence-electron chi connectivity index (χ3n) is 18.2. The van der Waals surface area contributed by atoms with Crippen LogP contribution in [0.2, 0.25) is 0 Å². The Hall–Kier alpha value is -4.28. The molecule has 0 bridgehead atoms. The molecule has 2 unspecified atom stereocenters. The Morgan fingerprint density at radius 2 is 1.05 bits per heavy atom. The van der Waals surface area contributed by atoms with E-state index in [0.717, 1.165) is 6.42 Å². The van der Waals surface area contributed by atoms with E-state index in [2.05, 4.69) is 260 Å². The molecule has 0 spiro atoms. The highest BCUT2D eigenvalue weighted by atomic mass is 32.1. The second-order valence-corrected chi connectivity index (χ2v) is 31.2. The summed E-state index contributed by atoms with van der Waals surface area (Å²) in [6.07, 6.45) is 3.53. The van der Waals surface area contributed by atoms with Gasteiger partial charge in [0, 0.05) is 43.3 Å². The van der Waals surface area contributed by atoms with Gasteiger partial charge < -0.3 is 9.80 Å². The molecular weight excluding hydrogens is 900 g/mol. The van der Waals surface area contributed by atoms with Crippen molar-refractivity contribution >= 4 is 78.0 Å². The minimum atomic E-state index is -0.129. The monoisotopic (exact) mass is 993 g/mol. The Balaban J connectivity index is 1.53. The molecule has 0 fully saturated rings. The van der Waals surface area contributed by atoms with Gasteiger partial charge in [-0.1, -0.05) is 184 Å². The second-order valence-electron chi connectivity index (χ2n) is 30.1. The van der Waals surface area contributed by atoms with E-state index in [1.807, 2.05) is 0 Å². The molecule has 2 atom stereocenters. The molecule has 0 amide bonds. The summed E-state index contributed by atoms with van der Waals surface area (Å²) in [6, 6.07) is 31.2. The Morgan fingerprint density at radius 3 is 1.52 bits per heavy atom. The number of benzene rings is 5. The molecule has 1 aromatic heterocycles. The van der Waals surface area contributed by atoms with Crippen molar-refractivity contribution in [2.45, 2.75) is 235 Å². The first-order chi connectivity index (χ1) is 33.4. The lowest BCUT2D eigenvalue weighted by molar-refractivity contribution is 0.399. The fourth-order valence-corrected chi connectivity index (χ4v) is 13.6. The predicted octanol–water partition coefficient (Wildman–Crippen LogP) is 19.1. The van der Waals surface area contributed by atoms with Crippen LogP contribution < -0.4 is 25.5 Å². The molecule has 0 N–H and O–H groups in total. The molecule has 6 aromatic rings. The molecule has 388 valence electrons. The van der Waals surface area contributed by atoms with E-state index in [4.69, 9.17) is 0 Å². The van der Waals surface area contributed by atoms with Crippen LogP contribution in [0.25, 0.3) is 10.1 Å². The Bertz CT molecular complexity index is 3090. The van der Waals surface area contributed by atoms with E-state index in [1.54, 1.807) is 11.1 Å². The molecule has 4 heteroatoms. The van der Waals surface area contributed by atoms with Crippen molar-refractivity contribution in [1.82, 2.24) is 0 Å². The van der Waals surface area contributed by atoms with Crippen molar-refractivity contribution in [1.29, 1.82) is 0 Å². The molecule has 0 saturated heterocycles. The zero-order valence-corrected chi connectivity index (χ0v) is 51.0. The van der Waals surface area contributed by atoms with Gasteiger partial charge in [-0.15, -0.1) is 11.3 Å². The summed E-state index contributed by atoms with van der Waals surface area (Å²) in [5.41, 5.74) is 23.4. The lowest BCUT2D eigenvalue weighted by Crippen LogP contribution is -2.61. The van der Waals surface area contributed by atoms with Crippen LogP contribution in [0.3, 0.4) is 0 Å². The van der Waals surface area contributed by atoms with Gasteiger partial charge in [-0.2, -0.15) is 0 Å². The third kappa shape index (κ3) is 9.16. The van der Waals surface area contributed by atoms with Gasteiger partial charge in [0.25, 0.3) is 6.71 Å². The number of hydrogen-bond donors (Lipinski definition) is 0. The van der Waals surface area contributed by atoms with E-state index in [1.165, 1.54) is 112 Å². The summed E-state index contributed by atoms with van der Waals surface area (Å²) in [6.45, 7) is 58.2. The average Bonchev–Trinajstić information content (AvgIpc) is 3.62. The average molecular weight is 993 g/mol. The summed E-state index contributed by atoms with van der Waals surface area (Å²) in [4.78, 5) is 5.54. The summed E-state index contributed by atoms with van der Waals surface area (Å²) < 4.78 is 2.89. The maximum atomic E-state index is 2.79. The Labute approximate surface area is 449 Å². The van der Waals surface area contributed by atoms with Crippen molar-refractivity contribution in [2.24, 2.45) is 5.92 Å². The maximum absolute atomic E-state index is 2.79. The molecule has 3 aliphatic rings. The highest BCUT2D eigenvalue weighted by molar-refractivity contribution is 7.33. The highest BCUT2D eigenvalue weighted by Crippen LogP contribution is 2.54. The molecule has 9 rings (SSSR count). The van der Waals surface area contributed by atoms with E-state index in [0.29, 0.717) is 17.8 Å². The Kier molecular flexibility index (Phi) is 12.7. The van der Waals surface area contributed by atoms with Crippen LogP contribution in [0, 0.1) is 5.92 Å². The van der Waals surface area contributed by atoms with Gasteiger partial charge in [-0.05, 0) is 191 Å².